The molecule has 1 amide bonds. The van der Waals surface area contributed by atoms with Crippen LogP contribution >= 0.6 is 0 Å². The molecule has 21 heavy (non-hydrogen) atoms. The Balaban J connectivity index is 2.04. The number of hydrogen-bond acceptors (Lipinski definition) is 2. The molecule has 4 nitrogen and oxygen atoms in total. The summed E-state index contributed by atoms with van der Waals surface area (Å²) in [5, 5.41) is 9.41. The fourth-order valence-electron chi connectivity index (χ4n) is 4.22. The molecule has 2 rings (SSSR count). The molecule has 0 radical (unpaired) electrons. The summed E-state index contributed by atoms with van der Waals surface area (Å²) in [5.41, 5.74) is 0. The van der Waals surface area contributed by atoms with E-state index in [1.54, 1.807) is 0 Å². The molecule has 5 atom stereocenters. The lowest BCUT2D eigenvalue weighted by molar-refractivity contribution is -0.149. The quantitative estimate of drug-likeness (QED) is 0.866. The zero-order valence-corrected chi connectivity index (χ0v) is 13.5. The number of aliphatic carboxylic acids is 1. The first-order valence-electron chi connectivity index (χ1n) is 8.43. The van der Waals surface area contributed by atoms with Crippen LogP contribution in [0, 0.1) is 23.7 Å². The third-order valence-electron chi connectivity index (χ3n) is 5.68. The van der Waals surface area contributed by atoms with Crippen molar-refractivity contribution in [3.05, 3.63) is 0 Å². The molecule has 0 aliphatic heterocycles. The Morgan fingerprint density at radius 3 is 2.38 bits per heavy atom. The average Bonchev–Trinajstić information content (AvgIpc) is 2.90. The molecule has 2 aliphatic rings. The third-order valence-corrected chi connectivity index (χ3v) is 5.68. The molecule has 3 unspecified atom stereocenters. The minimum Gasteiger partial charge on any atom is -0.481 e. The number of amides is 1. The van der Waals surface area contributed by atoms with E-state index >= 15 is 0 Å². The second-order valence-corrected chi connectivity index (χ2v) is 7.17. The molecular weight excluding hydrogens is 266 g/mol. The number of carbonyl (C=O) groups is 2. The van der Waals surface area contributed by atoms with Crippen molar-refractivity contribution in [1.82, 2.24) is 4.90 Å². The van der Waals surface area contributed by atoms with Crippen LogP contribution < -0.4 is 0 Å². The molecule has 4 heteroatoms. The van der Waals surface area contributed by atoms with Crippen LogP contribution in [0.1, 0.15) is 58.8 Å². The van der Waals surface area contributed by atoms with Crippen molar-refractivity contribution < 1.29 is 14.7 Å². The number of carboxylic acid groups (broad SMARTS) is 1. The van der Waals surface area contributed by atoms with Gasteiger partial charge in [0.15, 0.2) is 0 Å². The summed E-state index contributed by atoms with van der Waals surface area (Å²) in [4.78, 5) is 26.1. The Morgan fingerprint density at radius 2 is 1.81 bits per heavy atom. The van der Waals surface area contributed by atoms with Gasteiger partial charge in [0.25, 0.3) is 0 Å². The Morgan fingerprint density at radius 1 is 1.14 bits per heavy atom. The maximum absolute atomic E-state index is 12.8. The van der Waals surface area contributed by atoms with Gasteiger partial charge in [-0.2, -0.15) is 0 Å². The fourth-order valence-corrected chi connectivity index (χ4v) is 4.22. The Hall–Kier alpha value is -1.06. The van der Waals surface area contributed by atoms with Crippen molar-refractivity contribution in [3.8, 4) is 0 Å². The van der Waals surface area contributed by atoms with Gasteiger partial charge in [0, 0.05) is 13.1 Å². The van der Waals surface area contributed by atoms with Gasteiger partial charge >= 0.3 is 5.97 Å². The van der Waals surface area contributed by atoms with E-state index in [4.69, 9.17) is 0 Å². The number of carbonyl (C=O) groups excluding carboxylic acids is 1. The molecule has 2 fully saturated rings. The van der Waals surface area contributed by atoms with Gasteiger partial charge in [-0.1, -0.05) is 33.1 Å². The van der Waals surface area contributed by atoms with Crippen LogP contribution in [0.5, 0.6) is 0 Å². The largest absolute Gasteiger partial charge is 0.481 e. The molecule has 120 valence electrons. The van der Waals surface area contributed by atoms with Gasteiger partial charge in [-0.15, -0.1) is 0 Å². The van der Waals surface area contributed by atoms with Crippen LogP contribution in [0.2, 0.25) is 0 Å². The van der Waals surface area contributed by atoms with Gasteiger partial charge in [-0.25, -0.2) is 0 Å². The molecule has 0 aromatic carbocycles. The lowest BCUT2D eigenvalue weighted by atomic mass is 9.85. The highest BCUT2D eigenvalue weighted by Crippen LogP contribution is 2.40. The molecule has 2 aliphatic carbocycles. The number of rotatable bonds is 4. The van der Waals surface area contributed by atoms with Crippen molar-refractivity contribution in [2.75, 3.05) is 7.05 Å². The summed E-state index contributed by atoms with van der Waals surface area (Å²) in [6.45, 7) is 4.33. The summed E-state index contributed by atoms with van der Waals surface area (Å²) >= 11 is 0. The maximum Gasteiger partial charge on any atom is 0.307 e. The minimum absolute atomic E-state index is 0.0671. The summed E-state index contributed by atoms with van der Waals surface area (Å²) in [5.74, 6) is -0.465. The van der Waals surface area contributed by atoms with Gasteiger partial charge < -0.3 is 10.0 Å². The molecule has 1 N–H and O–H groups in total. The topological polar surface area (TPSA) is 57.6 Å². The molecule has 0 saturated heterocycles. The predicted molar refractivity (Wildman–Crippen MR) is 81.8 cm³/mol. The third kappa shape index (κ3) is 3.58. The maximum atomic E-state index is 12.8. The second kappa shape index (κ2) is 6.80. The average molecular weight is 295 g/mol. The van der Waals surface area contributed by atoms with Crippen LogP contribution in [0.4, 0.5) is 0 Å². The zero-order chi connectivity index (χ0) is 15.6. The van der Waals surface area contributed by atoms with Gasteiger partial charge in [0.2, 0.25) is 5.91 Å². The molecule has 0 spiro atoms. The van der Waals surface area contributed by atoms with E-state index in [1.165, 1.54) is 12.8 Å². The molecule has 0 heterocycles. The summed E-state index contributed by atoms with van der Waals surface area (Å²) in [6, 6.07) is 0.302. The number of nitrogens with zero attached hydrogens (tertiary/aromatic N) is 1. The number of hydrogen-bond donors (Lipinski definition) is 1. The summed E-state index contributed by atoms with van der Waals surface area (Å²) < 4.78 is 0. The Bertz CT molecular complexity index is 395. The van der Waals surface area contributed by atoms with E-state index in [-0.39, 0.29) is 11.8 Å². The predicted octanol–water partition coefficient (Wildman–Crippen LogP) is 3.16. The lowest BCUT2D eigenvalue weighted by Crippen LogP contribution is -2.44. The Labute approximate surface area is 127 Å². The van der Waals surface area contributed by atoms with E-state index in [9.17, 15) is 14.7 Å². The normalized spacial score (nSPS) is 36.4. The SMILES string of the molecule is CCC1C[C@H](C(=O)N(C)C2CCCC(C)C2)[C@H](C(=O)O)C1. The fraction of sp³-hybridized carbons (Fsp3) is 0.882. The van der Waals surface area contributed by atoms with Gasteiger partial charge in [0.1, 0.15) is 0 Å². The molecule has 0 aromatic rings. The first-order valence-corrected chi connectivity index (χ1v) is 8.43. The monoisotopic (exact) mass is 295 g/mol. The smallest absolute Gasteiger partial charge is 0.307 e. The van der Waals surface area contributed by atoms with Gasteiger partial charge in [-0.3, -0.25) is 9.59 Å². The first-order chi connectivity index (χ1) is 9.93. The minimum atomic E-state index is -0.797. The highest BCUT2D eigenvalue weighted by Gasteiger charge is 2.44. The molecule has 0 aromatic heterocycles. The molecule has 0 bridgehead atoms. The lowest BCUT2D eigenvalue weighted by Gasteiger charge is -2.36. The molecular formula is C17H29NO3. The van der Waals surface area contributed by atoms with Crippen molar-refractivity contribution in [2.24, 2.45) is 23.7 Å². The van der Waals surface area contributed by atoms with Crippen LogP contribution in [-0.4, -0.2) is 35.0 Å². The Kier molecular flexibility index (Phi) is 5.28. The zero-order valence-electron chi connectivity index (χ0n) is 13.5. The van der Waals surface area contributed by atoms with Crippen LogP contribution in [0.3, 0.4) is 0 Å². The first kappa shape index (κ1) is 16.3. The van der Waals surface area contributed by atoms with E-state index in [0.717, 1.165) is 25.7 Å². The standard InChI is InChI=1S/C17H29NO3/c1-4-12-9-14(15(10-12)17(20)21)16(19)18(3)13-7-5-6-11(2)8-13/h11-15H,4-10H2,1-3H3,(H,20,21)/t11?,12?,13?,14-,15+/m0/s1. The van der Waals surface area contributed by atoms with Crippen LogP contribution in [-0.2, 0) is 9.59 Å². The second-order valence-electron chi connectivity index (χ2n) is 7.17. The number of carboxylic acids is 1. The molecule has 2 saturated carbocycles. The van der Waals surface area contributed by atoms with Crippen LogP contribution in [0.15, 0.2) is 0 Å². The van der Waals surface area contributed by atoms with E-state index in [2.05, 4.69) is 13.8 Å². The van der Waals surface area contributed by atoms with E-state index in [0.29, 0.717) is 24.3 Å². The highest BCUT2D eigenvalue weighted by molar-refractivity contribution is 5.85. The van der Waals surface area contributed by atoms with Crippen LogP contribution in [0.25, 0.3) is 0 Å². The van der Waals surface area contributed by atoms with E-state index < -0.39 is 11.9 Å². The van der Waals surface area contributed by atoms with Gasteiger partial charge in [-0.05, 0) is 37.5 Å². The van der Waals surface area contributed by atoms with Gasteiger partial charge in [0.05, 0.1) is 11.8 Å². The van der Waals surface area contributed by atoms with Crippen molar-refractivity contribution >= 4 is 11.9 Å². The van der Waals surface area contributed by atoms with Crippen molar-refractivity contribution in [3.63, 3.8) is 0 Å². The highest BCUT2D eigenvalue weighted by atomic mass is 16.4. The van der Waals surface area contributed by atoms with Crippen molar-refractivity contribution in [2.45, 2.75) is 64.8 Å². The van der Waals surface area contributed by atoms with Crippen molar-refractivity contribution in [1.29, 1.82) is 0 Å². The summed E-state index contributed by atoms with van der Waals surface area (Å²) in [6.07, 6.45) is 6.93. The van der Waals surface area contributed by atoms with E-state index in [1.807, 2.05) is 11.9 Å². The summed E-state index contributed by atoms with van der Waals surface area (Å²) in [7, 11) is 1.88.